The van der Waals surface area contributed by atoms with Crippen molar-refractivity contribution in [2.45, 2.75) is 18.9 Å². The maximum Gasteiger partial charge on any atom is 0.243 e. The second-order valence-electron chi connectivity index (χ2n) is 4.96. The number of rotatable bonds is 1. The van der Waals surface area contributed by atoms with Crippen LogP contribution in [0.3, 0.4) is 0 Å². The zero-order chi connectivity index (χ0) is 13.3. The van der Waals surface area contributed by atoms with Crippen LogP contribution >= 0.6 is 0 Å². The lowest BCUT2D eigenvalue weighted by Crippen LogP contribution is -2.53. The third kappa shape index (κ3) is 5.72. The lowest BCUT2D eigenvalue weighted by molar-refractivity contribution is -0.560. The van der Waals surface area contributed by atoms with Crippen molar-refractivity contribution in [1.29, 1.82) is 0 Å². The van der Waals surface area contributed by atoms with Gasteiger partial charge in [0, 0.05) is 38.0 Å². The van der Waals surface area contributed by atoms with E-state index >= 15 is 0 Å². The molecule has 0 aromatic rings. The van der Waals surface area contributed by atoms with Crippen LogP contribution in [0, 0.1) is 10.1 Å². The topological polar surface area (TPSA) is 91.3 Å². The van der Waals surface area contributed by atoms with Crippen LogP contribution < -0.4 is 21.3 Å². The van der Waals surface area contributed by atoms with Crippen LogP contribution in [-0.2, 0) is 0 Å². The highest BCUT2D eigenvalue weighted by atomic mass is 16.6. The third-order valence-corrected chi connectivity index (χ3v) is 3.12. The molecule has 0 aliphatic carbocycles. The Balaban J connectivity index is 2.41. The standard InChI is InChI=1S/C11H25N5O2/c1-11(16(17)18)9-14-7-5-12-3-2-4-13-6-8-15-10-11/h12-15H,2-10H2,1H3. The lowest BCUT2D eigenvalue weighted by Gasteiger charge is -2.22. The number of hydrogen-bond acceptors (Lipinski definition) is 6. The molecular weight excluding hydrogens is 234 g/mol. The first-order chi connectivity index (χ1) is 8.65. The van der Waals surface area contributed by atoms with Crippen molar-refractivity contribution in [2.75, 3.05) is 52.4 Å². The predicted molar refractivity (Wildman–Crippen MR) is 71.5 cm³/mol. The largest absolute Gasteiger partial charge is 0.315 e. The minimum atomic E-state index is -0.940. The van der Waals surface area contributed by atoms with Gasteiger partial charge in [-0.05, 0) is 19.5 Å². The molecule has 1 aliphatic rings. The van der Waals surface area contributed by atoms with Gasteiger partial charge in [-0.1, -0.05) is 0 Å². The zero-order valence-electron chi connectivity index (χ0n) is 11.1. The van der Waals surface area contributed by atoms with Gasteiger partial charge >= 0.3 is 0 Å². The molecule has 0 aromatic carbocycles. The Hall–Kier alpha value is -0.760. The molecule has 0 spiro atoms. The van der Waals surface area contributed by atoms with Gasteiger partial charge in [0.05, 0.1) is 13.1 Å². The van der Waals surface area contributed by atoms with Crippen LogP contribution in [0.15, 0.2) is 0 Å². The summed E-state index contributed by atoms with van der Waals surface area (Å²) >= 11 is 0. The Bertz CT molecular complexity index is 236. The van der Waals surface area contributed by atoms with Gasteiger partial charge in [0.25, 0.3) is 0 Å². The minimum Gasteiger partial charge on any atom is -0.315 e. The Labute approximate surface area is 108 Å². The van der Waals surface area contributed by atoms with Gasteiger partial charge in [-0.15, -0.1) is 0 Å². The summed E-state index contributed by atoms with van der Waals surface area (Å²) in [4.78, 5) is 10.9. The fourth-order valence-corrected chi connectivity index (χ4v) is 1.85. The van der Waals surface area contributed by atoms with E-state index in [4.69, 9.17) is 0 Å². The molecule has 0 bridgehead atoms. The number of nitrogens with zero attached hydrogens (tertiary/aromatic N) is 1. The molecule has 0 aromatic heterocycles. The highest BCUT2D eigenvalue weighted by Gasteiger charge is 2.36. The SMILES string of the molecule is CC1([N+](=O)[O-])CNCCNCCCNCCNC1. The molecule has 0 unspecified atom stereocenters. The second kappa shape index (κ2) is 8.36. The first-order valence-electron chi connectivity index (χ1n) is 6.62. The van der Waals surface area contributed by atoms with E-state index in [0.29, 0.717) is 13.1 Å². The molecule has 0 saturated carbocycles. The van der Waals surface area contributed by atoms with Crippen LogP contribution in [0.4, 0.5) is 0 Å². The minimum absolute atomic E-state index is 0.195. The molecule has 18 heavy (non-hydrogen) atoms. The highest BCUT2D eigenvalue weighted by molar-refractivity contribution is 4.80. The molecule has 0 atom stereocenters. The van der Waals surface area contributed by atoms with Crippen LogP contribution in [0.5, 0.6) is 0 Å². The number of hydrogen-bond donors (Lipinski definition) is 4. The average Bonchev–Trinajstić information content (AvgIpc) is 2.34. The Morgan fingerprint density at radius 2 is 1.33 bits per heavy atom. The van der Waals surface area contributed by atoms with Crippen LogP contribution in [0.2, 0.25) is 0 Å². The summed E-state index contributed by atoms with van der Waals surface area (Å²) in [6, 6.07) is 0. The molecule has 7 nitrogen and oxygen atoms in total. The first-order valence-corrected chi connectivity index (χ1v) is 6.62. The van der Waals surface area contributed by atoms with E-state index in [-0.39, 0.29) is 4.92 Å². The first kappa shape index (κ1) is 15.3. The van der Waals surface area contributed by atoms with Gasteiger partial charge in [-0.25, -0.2) is 0 Å². The van der Waals surface area contributed by atoms with Crippen molar-refractivity contribution >= 4 is 0 Å². The summed E-state index contributed by atoms with van der Waals surface area (Å²) in [5.74, 6) is 0. The van der Waals surface area contributed by atoms with E-state index < -0.39 is 5.54 Å². The van der Waals surface area contributed by atoms with Crippen LogP contribution in [0.25, 0.3) is 0 Å². The number of nitro groups is 1. The molecule has 1 saturated heterocycles. The molecule has 0 radical (unpaired) electrons. The molecule has 106 valence electrons. The van der Waals surface area contributed by atoms with Gasteiger partial charge in [0.1, 0.15) is 0 Å². The molecule has 1 fully saturated rings. The quantitative estimate of drug-likeness (QED) is 0.349. The molecule has 0 amide bonds. The highest BCUT2D eigenvalue weighted by Crippen LogP contribution is 2.05. The van der Waals surface area contributed by atoms with Crippen molar-refractivity contribution in [2.24, 2.45) is 0 Å². The molecule has 1 aliphatic heterocycles. The zero-order valence-corrected chi connectivity index (χ0v) is 11.1. The van der Waals surface area contributed by atoms with Crippen LogP contribution in [-0.4, -0.2) is 62.8 Å². The van der Waals surface area contributed by atoms with E-state index in [1.54, 1.807) is 6.92 Å². The van der Waals surface area contributed by atoms with Gasteiger partial charge in [-0.3, -0.25) is 10.1 Å². The summed E-state index contributed by atoms with van der Waals surface area (Å²) in [5.41, 5.74) is -0.940. The second-order valence-corrected chi connectivity index (χ2v) is 4.96. The van der Waals surface area contributed by atoms with Gasteiger partial charge in [0.2, 0.25) is 5.54 Å². The average molecular weight is 259 g/mol. The van der Waals surface area contributed by atoms with Crippen molar-refractivity contribution in [3.05, 3.63) is 10.1 Å². The molecule has 1 rings (SSSR count). The van der Waals surface area contributed by atoms with E-state index in [9.17, 15) is 10.1 Å². The Morgan fingerprint density at radius 3 is 1.78 bits per heavy atom. The molecule has 7 heteroatoms. The monoisotopic (exact) mass is 259 g/mol. The van der Waals surface area contributed by atoms with Crippen molar-refractivity contribution in [3.8, 4) is 0 Å². The summed E-state index contributed by atoms with van der Waals surface area (Å²) in [7, 11) is 0. The summed E-state index contributed by atoms with van der Waals surface area (Å²) < 4.78 is 0. The third-order valence-electron chi connectivity index (χ3n) is 3.12. The Morgan fingerprint density at radius 1 is 0.889 bits per heavy atom. The molecule has 1 heterocycles. The molecular formula is C11H25N5O2. The normalized spacial score (nSPS) is 24.1. The van der Waals surface area contributed by atoms with Crippen LogP contribution in [0.1, 0.15) is 13.3 Å². The smallest absolute Gasteiger partial charge is 0.243 e. The summed E-state index contributed by atoms with van der Waals surface area (Å²) in [6.07, 6.45) is 1.10. The lowest BCUT2D eigenvalue weighted by atomic mass is 10.0. The van der Waals surface area contributed by atoms with Crippen molar-refractivity contribution in [3.63, 3.8) is 0 Å². The predicted octanol–water partition coefficient (Wildman–Crippen LogP) is -1.22. The van der Waals surface area contributed by atoms with Gasteiger partial charge in [0.15, 0.2) is 0 Å². The summed E-state index contributed by atoms with van der Waals surface area (Å²) in [5, 5.41) is 24.0. The summed E-state index contributed by atoms with van der Waals surface area (Å²) in [6.45, 7) is 7.64. The fraction of sp³-hybridized carbons (Fsp3) is 1.00. The Kier molecular flexibility index (Phi) is 7.11. The maximum atomic E-state index is 11.1. The maximum absolute atomic E-state index is 11.1. The van der Waals surface area contributed by atoms with Crippen molar-refractivity contribution in [1.82, 2.24) is 21.3 Å². The molecule has 4 N–H and O–H groups in total. The van der Waals surface area contributed by atoms with E-state index in [2.05, 4.69) is 21.3 Å². The fourth-order valence-electron chi connectivity index (χ4n) is 1.85. The van der Waals surface area contributed by atoms with E-state index in [1.807, 2.05) is 0 Å². The van der Waals surface area contributed by atoms with Gasteiger partial charge < -0.3 is 21.3 Å². The van der Waals surface area contributed by atoms with E-state index in [0.717, 1.165) is 45.7 Å². The van der Waals surface area contributed by atoms with E-state index in [1.165, 1.54) is 0 Å². The number of nitrogens with one attached hydrogen (secondary N) is 4. The van der Waals surface area contributed by atoms with Crippen molar-refractivity contribution < 1.29 is 4.92 Å². The van der Waals surface area contributed by atoms with Gasteiger partial charge in [-0.2, -0.15) is 0 Å².